The molecule has 3 N–H and O–H groups in total. The van der Waals surface area contributed by atoms with E-state index in [0.717, 1.165) is 18.9 Å². The van der Waals surface area contributed by atoms with Crippen molar-refractivity contribution in [2.24, 2.45) is 17.1 Å². The van der Waals surface area contributed by atoms with E-state index in [0.29, 0.717) is 0 Å². The molecular weight excluding hydrogens is 364 g/mol. The minimum atomic E-state index is -0.946. The molecule has 1 unspecified atom stereocenters. The van der Waals surface area contributed by atoms with E-state index in [1.165, 1.54) is 11.0 Å². The van der Waals surface area contributed by atoms with Gasteiger partial charge in [0.1, 0.15) is 22.7 Å². The Labute approximate surface area is 155 Å². The van der Waals surface area contributed by atoms with E-state index in [4.69, 9.17) is 17.3 Å². The lowest BCUT2D eigenvalue weighted by molar-refractivity contribution is -0.130. The van der Waals surface area contributed by atoms with Gasteiger partial charge in [-0.05, 0) is 35.8 Å². The molecule has 3 rings (SSSR count). The number of carbonyl (C=O) groups is 2. The van der Waals surface area contributed by atoms with E-state index in [9.17, 15) is 18.4 Å². The van der Waals surface area contributed by atoms with Crippen molar-refractivity contribution in [1.82, 2.24) is 10.2 Å². The maximum Gasteiger partial charge on any atom is 0.315 e. The molecule has 1 saturated heterocycles. The van der Waals surface area contributed by atoms with Crippen LogP contribution < -0.4 is 11.1 Å². The van der Waals surface area contributed by atoms with Crippen LogP contribution in [0.4, 0.5) is 13.6 Å². The Bertz CT molecular complexity index is 748. The van der Waals surface area contributed by atoms with E-state index in [1.807, 2.05) is 0 Å². The molecule has 1 saturated carbocycles. The van der Waals surface area contributed by atoms with Gasteiger partial charge in [-0.25, -0.2) is 13.6 Å². The van der Waals surface area contributed by atoms with Crippen molar-refractivity contribution in [3.05, 3.63) is 34.4 Å². The molecule has 5 nitrogen and oxygen atoms in total. The first-order chi connectivity index (χ1) is 12.1. The number of hydrogen-bond acceptors (Lipinski definition) is 2. The van der Waals surface area contributed by atoms with Gasteiger partial charge in [-0.1, -0.05) is 31.5 Å². The van der Waals surface area contributed by atoms with E-state index in [1.54, 1.807) is 0 Å². The molecule has 3 amide bonds. The number of urea groups is 1. The second kappa shape index (κ2) is 6.68. The topological polar surface area (TPSA) is 75.4 Å². The number of nitrogens with zero attached hydrogens (tertiary/aromatic N) is 1. The molecule has 8 heteroatoms. The summed E-state index contributed by atoms with van der Waals surface area (Å²) in [5.41, 5.74) is 5.67. The third-order valence-corrected chi connectivity index (χ3v) is 5.79. The third kappa shape index (κ3) is 3.24. The SMILES string of the molecule is CC1(C)CC([C@H](c2ccc(F)c(Cl)c2F)C2C(=O)NCCN2C(N)=O)C1. The van der Waals surface area contributed by atoms with Crippen LogP contribution >= 0.6 is 11.6 Å². The molecular formula is C18H22ClF2N3O2. The Hall–Kier alpha value is -1.89. The van der Waals surface area contributed by atoms with Crippen molar-refractivity contribution in [3.8, 4) is 0 Å². The predicted octanol–water partition coefficient (Wildman–Crippen LogP) is 3.02. The number of amides is 3. The fraction of sp³-hybridized carbons (Fsp3) is 0.556. The Kier molecular flexibility index (Phi) is 4.86. The summed E-state index contributed by atoms with van der Waals surface area (Å²) in [6.07, 6.45) is 1.50. The number of nitrogens with one attached hydrogen (secondary N) is 1. The predicted molar refractivity (Wildman–Crippen MR) is 93.7 cm³/mol. The summed E-state index contributed by atoms with van der Waals surface area (Å²) >= 11 is 5.77. The van der Waals surface area contributed by atoms with Crippen molar-refractivity contribution < 1.29 is 18.4 Å². The first kappa shape index (κ1) is 18.9. The van der Waals surface area contributed by atoms with Gasteiger partial charge >= 0.3 is 6.03 Å². The number of hydrogen-bond donors (Lipinski definition) is 2. The van der Waals surface area contributed by atoms with E-state index in [2.05, 4.69) is 19.2 Å². The zero-order valence-electron chi connectivity index (χ0n) is 14.7. The first-order valence-corrected chi connectivity index (χ1v) is 8.97. The standard InChI is InChI=1S/C18H22ClF2N3O2/c1-18(2)7-9(8-18)12(10-3-4-11(20)13(19)14(10)21)15-16(25)23-5-6-24(15)17(22)26/h3-4,9,12,15H,5-8H2,1-2H3,(H2,22,26)(H,23,25)/t12-,15?/m1/s1. The summed E-state index contributed by atoms with van der Waals surface area (Å²) in [5.74, 6) is -2.82. The zero-order chi connectivity index (χ0) is 19.2. The van der Waals surface area contributed by atoms with E-state index < -0.39 is 34.6 Å². The van der Waals surface area contributed by atoms with Crippen molar-refractivity contribution >= 4 is 23.5 Å². The molecule has 0 aromatic heterocycles. The molecule has 1 aliphatic heterocycles. The van der Waals surface area contributed by atoms with Crippen molar-refractivity contribution in [2.45, 2.75) is 38.6 Å². The second-order valence-electron chi connectivity index (χ2n) is 7.89. The third-order valence-electron chi connectivity index (χ3n) is 5.44. The summed E-state index contributed by atoms with van der Waals surface area (Å²) in [6.45, 7) is 4.70. The van der Waals surface area contributed by atoms with Crippen LogP contribution in [0.1, 0.15) is 38.2 Å². The molecule has 1 aromatic rings. The van der Waals surface area contributed by atoms with Crippen LogP contribution in [0.3, 0.4) is 0 Å². The molecule has 1 aromatic carbocycles. The molecule has 0 radical (unpaired) electrons. The van der Waals surface area contributed by atoms with Crippen LogP contribution in [-0.4, -0.2) is 36.0 Å². The smallest absolute Gasteiger partial charge is 0.315 e. The van der Waals surface area contributed by atoms with Gasteiger partial charge in [0.05, 0.1) is 0 Å². The Morgan fingerprint density at radius 3 is 2.62 bits per heavy atom. The zero-order valence-corrected chi connectivity index (χ0v) is 15.4. The number of halogens is 3. The molecule has 0 spiro atoms. The highest BCUT2D eigenvalue weighted by Crippen LogP contribution is 2.53. The number of primary amides is 1. The molecule has 0 bridgehead atoms. The van der Waals surface area contributed by atoms with Crippen LogP contribution in [0.15, 0.2) is 12.1 Å². The largest absolute Gasteiger partial charge is 0.353 e. The summed E-state index contributed by atoms with van der Waals surface area (Å²) in [6, 6.07) is 0.723. The normalized spacial score (nSPS) is 24.0. The summed E-state index contributed by atoms with van der Waals surface area (Å²) in [4.78, 5) is 25.8. The maximum absolute atomic E-state index is 14.8. The fourth-order valence-electron chi connectivity index (χ4n) is 4.38. The van der Waals surface area contributed by atoms with Gasteiger partial charge < -0.3 is 16.0 Å². The minimum absolute atomic E-state index is 0.0447. The van der Waals surface area contributed by atoms with Gasteiger partial charge in [0.15, 0.2) is 0 Å². The molecule has 2 atom stereocenters. The van der Waals surface area contributed by atoms with Crippen LogP contribution in [0.2, 0.25) is 5.02 Å². The number of carbonyl (C=O) groups excluding carboxylic acids is 2. The lowest BCUT2D eigenvalue weighted by Gasteiger charge is -2.50. The monoisotopic (exact) mass is 385 g/mol. The van der Waals surface area contributed by atoms with E-state index in [-0.39, 0.29) is 35.9 Å². The molecule has 26 heavy (non-hydrogen) atoms. The molecule has 2 fully saturated rings. The average Bonchev–Trinajstić information content (AvgIpc) is 2.54. The maximum atomic E-state index is 14.8. The molecule has 2 aliphatic rings. The fourth-order valence-corrected chi connectivity index (χ4v) is 4.55. The van der Waals surface area contributed by atoms with Gasteiger partial charge in [0.2, 0.25) is 5.91 Å². The summed E-state index contributed by atoms with van der Waals surface area (Å²) in [7, 11) is 0. The van der Waals surface area contributed by atoms with Crippen LogP contribution in [-0.2, 0) is 4.79 Å². The van der Waals surface area contributed by atoms with Gasteiger partial charge in [-0.3, -0.25) is 4.79 Å². The lowest BCUT2D eigenvalue weighted by Crippen LogP contribution is -2.62. The van der Waals surface area contributed by atoms with Crippen molar-refractivity contribution in [2.75, 3.05) is 13.1 Å². The highest BCUT2D eigenvalue weighted by atomic mass is 35.5. The quantitative estimate of drug-likeness (QED) is 0.785. The van der Waals surface area contributed by atoms with Crippen LogP contribution in [0, 0.1) is 23.0 Å². The van der Waals surface area contributed by atoms with Gasteiger partial charge in [0, 0.05) is 19.0 Å². The van der Waals surface area contributed by atoms with Crippen LogP contribution in [0.25, 0.3) is 0 Å². The summed E-state index contributed by atoms with van der Waals surface area (Å²) < 4.78 is 28.4. The van der Waals surface area contributed by atoms with Gasteiger partial charge in [0.25, 0.3) is 0 Å². The highest BCUT2D eigenvalue weighted by molar-refractivity contribution is 6.31. The summed E-state index contributed by atoms with van der Waals surface area (Å²) in [5, 5.41) is 2.11. The Balaban J connectivity index is 2.08. The number of rotatable bonds is 3. The minimum Gasteiger partial charge on any atom is -0.353 e. The van der Waals surface area contributed by atoms with Crippen molar-refractivity contribution in [3.63, 3.8) is 0 Å². The number of nitrogens with two attached hydrogens (primary N) is 1. The Morgan fingerprint density at radius 2 is 2.04 bits per heavy atom. The van der Waals surface area contributed by atoms with Gasteiger partial charge in [-0.2, -0.15) is 0 Å². The molecule has 142 valence electrons. The van der Waals surface area contributed by atoms with Crippen molar-refractivity contribution in [1.29, 1.82) is 0 Å². The second-order valence-corrected chi connectivity index (χ2v) is 8.27. The van der Waals surface area contributed by atoms with E-state index >= 15 is 0 Å². The van der Waals surface area contributed by atoms with Crippen LogP contribution in [0.5, 0.6) is 0 Å². The number of benzene rings is 1. The van der Waals surface area contributed by atoms with Gasteiger partial charge in [-0.15, -0.1) is 0 Å². The molecule has 1 heterocycles. The molecule has 1 aliphatic carbocycles. The Morgan fingerprint density at radius 1 is 1.38 bits per heavy atom. The average molecular weight is 386 g/mol. The highest BCUT2D eigenvalue weighted by Gasteiger charge is 2.49. The number of piperazine rings is 1. The first-order valence-electron chi connectivity index (χ1n) is 8.59. The lowest BCUT2D eigenvalue weighted by atomic mass is 9.57.